The van der Waals surface area contributed by atoms with Crippen LogP contribution in [0.5, 0.6) is 0 Å². The van der Waals surface area contributed by atoms with Gasteiger partial charge in [0.1, 0.15) is 18.6 Å². The van der Waals surface area contributed by atoms with E-state index in [4.69, 9.17) is 21.7 Å². The molecule has 0 saturated carbocycles. The van der Waals surface area contributed by atoms with Crippen LogP contribution in [0.3, 0.4) is 0 Å². The van der Waals surface area contributed by atoms with Gasteiger partial charge >= 0.3 is 11.9 Å². The Balaban J connectivity index is 5.23. The van der Waals surface area contributed by atoms with E-state index in [1.165, 1.54) is 11.8 Å². The fourth-order valence-corrected chi connectivity index (χ4v) is 2.50. The molecule has 0 fully saturated rings. The molecule has 3 atom stereocenters. The fourth-order valence-electron chi connectivity index (χ4n) is 2.01. The zero-order valence-electron chi connectivity index (χ0n) is 15.7. The molecule has 9 N–H and O–H groups in total. The summed E-state index contributed by atoms with van der Waals surface area (Å²) in [7, 11) is 0. The molecule has 0 aromatic rings. The van der Waals surface area contributed by atoms with Crippen molar-refractivity contribution in [3.8, 4) is 0 Å². The van der Waals surface area contributed by atoms with Crippen molar-refractivity contribution in [1.29, 1.82) is 0 Å². The maximum atomic E-state index is 12.4. The number of carboxylic acids is 2. The number of carboxylic acid groups (broad SMARTS) is 2. The highest BCUT2D eigenvalue weighted by molar-refractivity contribution is 7.98. The van der Waals surface area contributed by atoms with Crippen LogP contribution in [0.15, 0.2) is 0 Å². The number of carbonyl (C=O) groups is 6. The Bertz CT molecular complexity index is 644. The third-order valence-corrected chi connectivity index (χ3v) is 4.08. The van der Waals surface area contributed by atoms with Crippen molar-refractivity contribution in [2.24, 2.45) is 11.5 Å². The minimum absolute atomic E-state index is 0.288. The lowest BCUT2D eigenvalue weighted by Gasteiger charge is -2.22. The van der Waals surface area contributed by atoms with Crippen LogP contribution in [0.4, 0.5) is 0 Å². The average Bonchev–Trinajstić information content (AvgIpc) is 2.61. The van der Waals surface area contributed by atoms with Gasteiger partial charge in [0, 0.05) is 0 Å². The summed E-state index contributed by atoms with van der Waals surface area (Å²) in [6, 6.07) is -4.12. The minimum atomic E-state index is -1.58. The topological polar surface area (TPSA) is 231 Å². The molecule has 0 aromatic heterocycles. The van der Waals surface area contributed by atoms with Gasteiger partial charge in [0.25, 0.3) is 0 Å². The second-order valence-electron chi connectivity index (χ2n) is 5.89. The molecule has 0 aliphatic rings. The maximum Gasteiger partial charge on any atom is 0.322 e. The Labute approximate surface area is 170 Å². The summed E-state index contributed by atoms with van der Waals surface area (Å²) < 4.78 is 0. The molecule has 0 bridgehead atoms. The zero-order chi connectivity index (χ0) is 22.6. The van der Waals surface area contributed by atoms with Gasteiger partial charge in [-0.2, -0.15) is 11.8 Å². The van der Waals surface area contributed by atoms with E-state index in [2.05, 4.69) is 10.6 Å². The molecule has 0 aliphatic heterocycles. The number of hydrogen-bond donors (Lipinski definition) is 7. The minimum Gasteiger partial charge on any atom is -0.481 e. The molecule has 29 heavy (non-hydrogen) atoms. The van der Waals surface area contributed by atoms with Crippen LogP contribution in [0.1, 0.15) is 19.3 Å². The lowest BCUT2D eigenvalue weighted by Crippen LogP contribution is -2.57. The van der Waals surface area contributed by atoms with Gasteiger partial charge in [0.15, 0.2) is 0 Å². The first kappa shape index (κ1) is 26.1. The molecule has 0 aromatic carbocycles. The first-order valence-electron chi connectivity index (χ1n) is 8.32. The van der Waals surface area contributed by atoms with Crippen LogP contribution < -0.4 is 27.4 Å². The van der Waals surface area contributed by atoms with E-state index in [1.54, 1.807) is 6.26 Å². The summed E-state index contributed by atoms with van der Waals surface area (Å²) in [5.41, 5.74) is 10.7. The highest BCUT2D eigenvalue weighted by Crippen LogP contribution is 2.02. The van der Waals surface area contributed by atoms with E-state index < -0.39 is 73.1 Å². The standard InChI is InChI=1S/C15H25N5O8S/c1-29-3-2-7(16)13(26)19-9(5-11(22)23)15(28)20-8(4-10(17)21)14(27)18-6-12(24)25/h7-9H,2-6,16H2,1H3,(H2,17,21)(H,18,27)(H,19,26)(H,20,28)(H,22,23)(H,24,25). The summed E-state index contributed by atoms with van der Waals surface area (Å²) >= 11 is 1.44. The number of nitrogens with one attached hydrogen (secondary N) is 3. The lowest BCUT2D eigenvalue weighted by molar-refractivity contribution is -0.142. The van der Waals surface area contributed by atoms with Gasteiger partial charge in [-0.3, -0.25) is 28.8 Å². The van der Waals surface area contributed by atoms with Crippen molar-refractivity contribution in [3.63, 3.8) is 0 Å². The van der Waals surface area contributed by atoms with Crippen LogP contribution in [-0.2, 0) is 28.8 Å². The smallest absolute Gasteiger partial charge is 0.322 e. The van der Waals surface area contributed by atoms with Crippen LogP contribution in [0.25, 0.3) is 0 Å². The molecular formula is C15H25N5O8S. The Morgan fingerprint density at radius 1 is 0.897 bits per heavy atom. The molecule has 0 rings (SSSR count). The summed E-state index contributed by atoms with van der Waals surface area (Å²) in [5, 5.41) is 23.8. The molecule has 0 spiro atoms. The number of thioether (sulfide) groups is 1. The third kappa shape index (κ3) is 11.5. The third-order valence-electron chi connectivity index (χ3n) is 3.43. The van der Waals surface area contributed by atoms with Gasteiger partial charge in [-0.25, -0.2) is 0 Å². The second-order valence-corrected chi connectivity index (χ2v) is 6.88. The Kier molecular flexibility index (Phi) is 12.0. The molecule has 164 valence electrons. The van der Waals surface area contributed by atoms with Crippen molar-refractivity contribution in [2.75, 3.05) is 18.6 Å². The quantitative estimate of drug-likeness (QED) is 0.143. The first-order valence-corrected chi connectivity index (χ1v) is 9.72. The molecule has 14 heteroatoms. The Morgan fingerprint density at radius 3 is 1.93 bits per heavy atom. The molecule has 0 saturated heterocycles. The van der Waals surface area contributed by atoms with Crippen LogP contribution in [0.2, 0.25) is 0 Å². The highest BCUT2D eigenvalue weighted by Gasteiger charge is 2.30. The number of rotatable bonds is 14. The lowest BCUT2D eigenvalue weighted by atomic mass is 10.1. The van der Waals surface area contributed by atoms with Crippen LogP contribution in [-0.4, -0.2) is 82.5 Å². The van der Waals surface area contributed by atoms with Gasteiger partial charge in [-0.05, 0) is 18.4 Å². The fraction of sp³-hybridized carbons (Fsp3) is 0.600. The van der Waals surface area contributed by atoms with Crippen molar-refractivity contribution >= 4 is 47.3 Å². The predicted molar refractivity (Wildman–Crippen MR) is 102 cm³/mol. The van der Waals surface area contributed by atoms with Gasteiger partial charge < -0.3 is 37.6 Å². The molecule has 0 radical (unpaired) electrons. The number of aliphatic carboxylic acids is 2. The Morgan fingerprint density at radius 2 is 1.45 bits per heavy atom. The number of primary amides is 1. The highest BCUT2D eigenvalue weighted by atomic mass is 32.2. The molecule has 13 nitrogen and oxygen atoms in total. The average molecular weight is 435 g/mol. The molecule has 3 unspecified atom stereocenters. The van der Waals surface area contributed by atoms with E-state index >= 15 is 0 Å². The zero-order valence-corrected chi connectivity index (χ0v) is 16.5. The normalized spacial score (nSPS) is 13.4. The second kappa shape index (κ2) is 13.3. The van der Waals surface area contributed by atoms with Gasteiger partial charge in [-0.1, -0.05) is 0 Å². The number of amides is 4. The summed E-state index contributed by atoms with van der Waals surface area (Å²) in [6.07, 6.45) is 0.612. The predicted octanol–water partition coefficient (Wildman–Crippen LogP) is -3.41. The van der Waals surface area contributed by atoms with Crippen molar-refractivity contribution < 1.29 is 39.0 Å². The van der Waals surface area contributed by atoms with Gasteiger partial charge in [0.05, 0.1) is 18.9 Å². The van der Waals surface area contributed by atoms with Crippen LogP contribution >= 0.6 is 11.8 Å². The number of nitrogens with two attached hydrogens (primary N) is 2. The van der Waals surface area contributed by atoms with Crippen molar-refractivity contribution in [1.82, 2.24) is 16.0 Å². The number of hydrogen-bond acceptors (Lipinski definition) is 8. The molecule has 0 heterocycles. The molecule has 0 aliphatic carbocycles. The summed E-state index contributed by atoms with van der Waals surface area (Å²) in [5.74, 6) is -6.04. The van der Waals surface area contributed by atoms with E-state index in [-0.39, 0.29) is 6.42 Å². The summed E-state index contributed by atoms with van der Waals surface area (Å²) in [4.78, 5) is 69.2. The van der Waals surface area contributed by atoms with E-state index in [0.29, 0.717) is 5.75 Å². The first-order chi connectivity index (χ1) is 13.5. The Hall–Kier alpha value is -2.87. The molecule has 4 amide bonds. The van der Waals surface area contributed by atoms with Crippen molar-refractivity contribution in [3.05, 3.63) is 0 Å². The van der Waals surface area contributed by atoms with Crippen molar-refractivity contribution in [2.45, 2.75) is 37.4 Å². The monoisotopic (exact) mass is 435 g/mol. The molecular weight excluding hydrogens is 410 g/mol. The number of carbonyl (C=O) groups excluding carboxylic acids is 4. The summed E-state index contributed by atoms with van der Waals surface area (Å²) in [6.45, 7) is -0.774. The SMILES string of the molecule is CSCCC(N)C(=O)NC(CC(=O)O)C(=O)NC(CC(N)=O)C(=O)NCC(=O)O. The van der Waals surface area contributed by atoms with Gasteiger partial charge in [-0.15, -0.1) is 0 Å². The largest absolute Gasteiger partial charge is 0.481 e. The maximum absolute atomic E-state index is 12.4. The van der Waals surface area contributed by atoms with E-state index in [0.717, 1.165) is 0 Å². The van der Waals surface area contributed by atoms with E-state index in [9.17, 15) is 28.8 Å². The van der Waals surface area contributed by atoms with E-state index in [1.807, 2.05) is 5.32 Å². The van der Waals surface area contributed by atoms with Crippen LogP contribution in [0, 0.1) is 0 Å². The van der Waals surface area contributed by atoms with Gasteiger partial charge in [0.2, 0.25) is 23.6 Å².